The Bertz CT molecular complexity index is 1370. The molecule has 0 atom stereocenters. The van der Waals surface area contributed by atoms with E-state index < -0.39 is 0 Å². The van der Waals surface area contributed by atoms with Crippen molar-refractivity contribution in [3.05, 3.63) is 69.6 Å². The van der Waals surface area contributed by atoms with Gasteiger partial charge >= 0.3 is 0 Å². The summed E-state index contributed by atoms with van der Waals surface area (Å²) in [5, 5.41) is 15.6. The molecule has 3 aromatic heterocycles. The Hall–Kier alpha value is -2.67. The molecule has 5 rings (SSSR count). The van der Waals surface area contributed by atoms with E-state index in [1.807, 2.05) is 31.2 Å². The average Bonchev–Trinajstić information content (AvgIpc) is 3.28. The number of hydrogen-bond donors (Lipinski definition) is 0. The van der Waals surface area contributed by atoms with Crippen LogP contribution in [0, 0.1) is 6.92 Å². The van der Waals surface area contributed by atoms with Crippen molar-refractivity contribution in [2.24, 2.45) is 0 Å². The molecule has 0 aliphatic heterocycles. The van der Waals surface area contributed by atoms with Crippen molar-refractivity contribution in [2.75, 3.05) is 0 Å². The van der Waals surface area contributed by atoms with E-state index in [-0.39, 0.29) is 0 Å². The molecule has 0 saturated heterocycles. The monoisotopic (exact) mass is 428 g/mol. The predicted molar refractivity (Wildman–Crippen MR) is 111 cm³/mol. The maximum Gasteiger partial charge on any atom is 0.175 e. The van der Waals surface area contributed by atoms with Crippen LogP contribution in [-0.2, 0) is 0 Å². The number of fused-ring (bicyclic) bond motifs is 3. The molecule has 5 aromatic rings. The van der Waals surface area contributed by atoms with E-state index in [4.69, 9.17) is 34.8 Å². The molecular weight excluding hydrogens is 419 g/mol. The van der Waals surface area contributed by atoms with E-state index in [2.05, 4.69) is 20.3 Å². The number of nitrogens with zero attached hydrogens (tertiary/aromatic N) is 6. The maximum atomic E-state index is 6.34. The smallest absolute Gasteiger partial charge is 0.175 e. The Labute approximate surface area is 174 Å². The molecule has 3 heterocycles. The van der Waals surface area contributed by atoms with Crippen LogP contribution in [0.5, 0.6) is 0 Å². The highest BCUT2D eigenvalue weighted by Crippen LogP contribution is 2.31. The number of aryl methyl sites for hydroxylation is 1. The number of hydrogen-bond acceptors (Lipinski definition) is 4. The van der Waals surface area contributed by atoms with Crippen LogP contribution in [0.25, 0.3) is 33.8 Å². The fourth-order valence-electron chi connectivity index (χ4n) is 3.08. The molecule has 28 heavy (non-hydrogen) atoms. The summed E-state index contributed by atoms with van der Waals surface area (Å²) < 4.78 is 3.51. The Morgan fingerprint density at radius 1 is 0.893 bits per heavy atom. The molecule has 0 spiro atoms. The van der Waals surface area contributed by atoms with Crippen LogP contribution in [0.15, 0.2) is 48.9 Å². The second-order valence-corrected chi connectivity index (χ2v) is 7.56. The van der Waals surface area contributed by atoms with Gasteiger partial charge in [0.15, 0.2) is 17.1 Å². The van der Waals surface area contributed by atoms with Crippen molar-refractivity contribution < 1.29 is 0 Å². The summed E-state index contributed by atoms with van der Waals surface area (Å²) in [4.78, 5) is 4.57. The molecule has 138 valence electrons. The van der Waals surface area contributed by atoms with E-state index in [0.717, 1.165) is 22.2 Å². The Kier molecular flexibility index (Phi) is 4.01. The third kappa shape index (κ3) is 2.64. The number of rotatable bonds is 2. The number of benzene rings is 2. The van der Waals surface area contributed by atoms with Gasteiger partial charge in [-0.25, -0.2) is 9.67 Å². The molecule has 0 aliphatic rings. The second-order valence-electron chi connectivity index (χ2n) is 6.31. The molecule has 0 saturated carbocycles. The van der Waals surface area contributed by atoms with Gasteiger partial charge in [0.1, 0.15) is 6.33 Å². The Morgan fingerprint density at radius 3 is 2.54 bits per heavy atom. The van der Waals surface area contributed by atoms with Crippen molar-refractivity contribution in [3.8, 4) is 17.1 Å². The molecule has 0 radical (unpaired) electrons. The number of aromatic nitrogens is 6. The summed E-state index contributed by atoms with van der Waals surface area (Å²) in [6.07, 6.45) is 3.37. The molecule has 0 amide bonds. The fraction of sp³-hybridized carbons (Fsp3) is 0.0526. The molecule has 0 aliphatic carbocycles. The van der Waals surface area contributed by atoms with E-state index in [1.54, 1.807) is 33.7 Å². The zero-order chi connectivity index (χ0) is 19.4. The Morgan fingerprint density at radius 2 is 1.75 bits per heavy atom. The van der Waals surface area contributed by atoms with Gasteiger partial charge in [0.05, 0.1) is 22.3 Å². The molecule has 9 heteroatoms. The first-order valence-electron chi connectivity index (χ1n) is 8.32. The van der Waals surface area contributed by atoms with Gasteiger partial charge in [0.2, 0.25) is 0 Å². The third-order valence-corrected chi connectivity index (χ3v) is 5.50. The maximum absolute atomic E-state index is 6.34. The Balaban J connectivity index is 1.71. The molecular formula is C19H11Cl3N6. The lowest BCUT2D eigenvalue weighted by atomic mass is 10.2. The van der Waals surface area contributed by atoms with E-state index in [1.165, 1.54) is 0 Å². The molecule has 0 N–H and O–H groups in total. The quantitative estimate of drug-likeness (QED) is 0.377. The van der Waals surface area contributed by atoms with Crippen molar-refractivity contribution in [3.63, 3.8) is 0 Å². The molecule has 0 fully saturated rings. The summed E-state index contributed by atoms with van der Waals surface area (Å²) in [6.45, 7) is 1.95. The van der Waals surface area contributed by atoms with Crippen molar-refractivity contribution in [1.82, 2.24) is 29.4 Å². The van der Waals surface area contributed by atoms with Crippen LogP contribution < -0.4 is 0 Å². The van der Waals surface area contributed by atoms with Gasteiger partial charge < -0.3 is 0 Å². The van der Waals surface area contributed by atoms with Crippen LogP contribution in [0.2, 0.25) is 15.1 Å². The van der Waals surface area contributed by atoms with Crippen LogP contribution in [0.1, 0.15) is 5.56 Å². The molecule has 2 aromatic carbocycles. The summed E-state index contributed by atoms with van der Waals surface area (Å²) in [6, 6.07) is 11.0. The normalized spacial score (nSPS) is 11.6. The predicted octanol–water partition coefficient (Wildman–Crippen LogP) is 5.40. The topological polar surface area (TPSA) is 60.9 Å². The summed E-state index contributed by atoms with van der Waals surface area (Å²) in [5.74, 6) is 0.581. The number of halogens is 3. The van der Waals surface area contributed by atoms with Crippen LogP contribution in [0.4, 0.5) is 0 Å². The zero-order valence-electron chi connectivity index (χ0n) is 14.4. The van der Waals surface area contributed by atoms with Gasteiger partial charge in [0.25, 0.3) is 0 Å². The van der Waals surface area contributed by atoms with Gasteiger partial charge in [-0.3, -0.25) is 4.40 Å². The summed E-state index contributed by atoms with van der Waals surface area (Å²) in [7, 11) is 0. The van der Waals surface area contributed by atoms with Crippen molar-refractivity contribution in [1.29, 1.82) is 0 Å². The van der Waals surface area contributed by atoms with Gasteiger partial charge in [-0.2, -0.15) is 5.10 Å². The average molecular weight is 430 g/mol. The van der Waals surface area contributed by atoms with Gasteiger partial charge in [-0.1, -0.05) is 40.9 Å². The SMILES string of the molecule is Cc1ccc(-n2ncc3c2ncn2c(-c4ccc(Cl)cc4Cl)nnc32)cc1Cl. The van der Waals surface area contributed by atoms with E-state index >= 15 is 0 Å². The van der Waals surface area contributed by atoms with Crippen molar-refractivity contribution in [2.45, 2.75) is 6.92 Å². The highest BCUT2D eigenvalue weighted by atomic mass is 35.5. The lowest BCUT2D eigenvalue weighted by Crippen LogP contribution is -1.99. The van der Waals surface area contributed by atoms with E-state index in [9.17, 15) is 0 Å². The standard InChI is InChI=1S/C19H11Cl3N6/c1-10-2-4-12(7-15(10)21)28-17-14(8-24-28)19-26-25-18(27(19)9-23-17)13-5-3-11(20)6-16(13)22/h2-9H,1H3. The van der Waals surface area contributed by atoms with Crippen LogP contribution in [-0.4, -0.2) is 29.4 Å². The summed E-state index contributed by atoms with van der Waals surface area (Å²) >= 11 is 18.6. The first kappa shape index (κ1) is 17.4. The fourth-order valence-corrected chi connectivity index (χ4v) is 3.75. The van der Waals surface area contributed by atoms with Gasteiger partial charge in [-0.15, -0.1) is 10.2 Å². The lowest BCUT2D eigenvalue weighted by Gasteiger charge is -2.06. The molecule has 6 nitrogen and oxygen atoms in total. The second kappa shape index (κ2) is 6.44. The first-order chi connectivity index (χ1) is 13.5. The minimum absolute atomic E-state index is 0.492. The van der Waals surface area contributed by atoms with Crippen molar-refractivity contribution >= 4 is 51.5 Å². The zero-order valence-corrected chi connectivity index (χ0v) is 16.7. The largest absolute Gasteiger partial charge is 0.264 e. The molecule has 0 unspecified atom stereocenters. The lowest BCUT2D eigenvalue weighted by molar-refractivity contribution is 0.893. The van der Waals surface area contributed by atoms with Crippen LogP contribution in [0.3, 0.4) is 0 Å². The van der Waals surface area contributed by atoms with Crippen LogP contribution >= 0.6 is 34.8 Å². The van der Waals surface area contributed by atoms with Gasteiger partial charge in [0, 0.05) is 15.6 Å². The highest BCUT2D eigenvalue weighted by molar-refractivity contribution is 6.36. The molecule has 0 bridgehead atoms. The minimum Gasteiger partial charge on any atom is -0.264 e. The third-order valence-electron chi connectivity index (χ3n) is 4.55. The first-order valence-corrected chi connectivity index (χ1v) is 9.46. The van der Waals surface area contributed by atoms with E-state index in [0.29, 0.717) is 32.2 Å². The highest BCUT2D eigenvalue weighted by Gasteiger charge is 2.17. The van der Waals surface area contributed by atoms with Gasteiger partial charge in [-0.05, 0) is 42.8 Å². The minimum atomic E-state index is 0.492. The summed E-state index contributed by atoms with van der Waals surface area (Å²) in [5.41, 5.74) is 3.84.